The van der Waals surface area contributed by atoms with Crippen LogP contribution < -0.4 is 4.90 Å². The maximum Gasteiger partial charge on any atom is 0.217 e. The topological polar surface area (TPSA) is 70.9 Å². The summed E-state index contributed by atoms with van der Waals surface area (Å²) in [6.07, 6.45) is 68.3. The summed E-state index contributed by atoms with van der Waals surface area (Å²) < 4.78 is 31.0. The molecule has 0 unspecified atom stereocenters. The minimum Gasteiger partial charge on any atom is -0.726 e. The van der Waals surface area contributed by atoms with E-state index in [0.717, 1.165) is 13.0 Å². The lowest BCUT2D eigenvalue weighted by atomic mass is 9.89. The van der Waals surface area contributed by atoms with E-state index in [4.69, 9.17) is 0 Å². The summed E-state index contributed by atoms with van der Waals surface area (Å²) in [6, 6.07) is 0. The standard InChI is InChI=1S/C52H107N.CH4O4S/c1-5-7-9-11-13-15-17-19-24-28-32-36-40-44-48-52(49-45-41-37-33-29-25-20-18-16-14-12-10-8-6-2)50-46-42-38-34-30-26-22-21-23-27-31-35-39-43-47-51-53(3)4;1-5-6(2,3)4/h52H,5-51H2,1-4H3;1H3,(H,2,3,4). The Bertz CT molecular complexity index is 818. The molecule has 358 valence electrons. The Hall–Kier alpha value is -0.170. The molecule has 0 rings (SSSR count). The molecule has 0 aromatic rings. The molecule has 0 bridgehead atoms. The van der Waals surface area contributed by atoms with Crippen molar-refractivity contribution >= 4 is 10.4 Å². The van der Waals surface area contributed by atoms with Crippen LogP contribution in [0.15, 0.2) is 0 Å². The molecule has 6 heteroatoms. The molecule has 0 aliphatic rings. The SMILES string of the molecule is CCCCCCCCCCCCCCCCC(CCCCCCCCCCCCCCCC)CCCCCCCCCCCCCCCCC[NH+](C)C.COS(=O)(=O)[O-]. The van der Waals surface area contributed by atoms with Crippen LogP contribution in [-0.4, -0.2) is 40.7 Å². The second kappa shape index (κ2) is 52.2. The zero-order valence-corrected chi connectivity index (χ0v) is 42.2. The fraction of sp³-hybridized carbons (Fsp3) is 1.00. The molecule has 0 fully saturated rings. The van der Waals surface area contributed by atoms with Crippen LogP contribution in [0.4, 0.5) is 0 Å². The quantitative estimate of drug-likeness (QED) is 0.0376. The molecule has 0 saturated heterocycles. The van der Waals surface area contributed by atoms with Crippen LogP contribution in [0.5, 0.6) is 0 Å². The zero-order chi connectivity index (χ0) is 43.6. The summed E-state index contributed by atoms with van der Waals surface area (Å²) in [7, 11) is 0.951. The van der Waals surface area contributed by atoms with Gasteiger partial charge >= 0.3 is 0 Å². The molecule has 59 heavy (non-hydrogen) atoms. The molecule has 5 nitrogen and oxygen atoms in total. The molecule has 0 atom stereocenters. The molecule has 0 aromatic heterocycles. The molecule has 0 radical (unpaired) electrons. The monoisotopic (exact) mass is 858 g/mol. The van der Waals surface area contributed by atoms with Crippen LogP contribution in [0.1, 0.15) is 309 Å². The van der Waals surface area contributed by atoms with E-state index in [-0.39, 0.29) is 0 Å². The van der Waals surface area contributed by atoms with Crippen molar-refractivity contribution in [1.29, 1.82) is 0 Å². The number of hydrogen-bond donors (Lipinski definition) is 1. The lowest BCUT2D eigenvalue weighted by molar-refractivity contribution is -0.858. The van der Waals surface area contributed by atoms with Gasteiger partial charge in [0.05, 0.1) is 27.7 Å². The van der Waals surface area contributed by atoms with E-state index in [1.807, 2.05) is 0 Å². The van der Waals surface area contributed by atoms with E-state index < -0.39 is 10.4 Å². The fourth-order valence-electron chi connectivity index (χ4n) is 8.90. The Labute approximate surface area is 373 Å². The summed E-state index contributed by atoms with van der Waals surface area (Å²) in [5, 5.41) is 0. The number of hydrogen-bond acceptors (Lipinski definition) is 4. The van der Waals surface area contributed by atoms with Gasteiger partial charge in [-0.25, -0.2) is 8.42 Å². The lowest BCUT2D eigenvalue weighted by Gasteiger charge is -2.17. The highest BCUT2D eigenvalue weighted by atomic mass is 32.3. The summed E-state index contributed by atoms with van der Waals surface area (Å²) in [6.45, 7) is 5.99. The van der Waals surface area contributed by atoms with Gasteiger partial charge in [-0.15, -0.1) is 0 Å². The van der Waals surface area contributed by atoms with Crippen molar-refractivity contribution in [3.8, 4) is 0 Å². The molecule has 1 N–H and O–H groups in total. The van der Waals surface area contributed by atoms with Crippen LogP contribution in [0, 0.1) is 5.92 Å². The first-order chi connectivity index (χ1) is 28.8. The van der Waals surface area contributed by atoms with Gasteiger partial charge in [-0.05, 0) is 18.8 Å². The summed E-state index contributed by atoms with van der Waals surface area (Å²) in [5.74, 6) is 1.03. The van der Waals surface area contributed by atoms with Crippen LogP contribution in [0.3, 0.4) is 0 Å². The molecule has 0 heterocycles. The van der Waals surface area contributed by atoms with E-state index in [0.29, 0.717) is 0 Å². The largest absolute Gasteiger partial charge is 0.726 e. The Morgan fingerprint density at radius 2 is 0.525 bits per heavy atom. The smallest absolute Gasteiger partial charge is 0.217 e. The van der Waals surface area contributed by atoms with Crippen molar-refractivity contribution < 1.29 is 22.1 Å². The maximum atomic E-state index is 9.22. The average molecular weight is 859 g/mol. The molecule has 0 saturated carbocycles. The first kappa shape index (κ1) is 60.9. The van der Waals surface area contributed by atoms with Gasteiger partial charge < -0.3 is 9.45 Å². The minimum absolute atomic E-state index is 0.808. The number of rotatable bonds is 49. The first-order valence-electron chi connectivity index (χ1n) is 27.1. The third-order valence-electron chi connectivity index (χ3n) is 12.9. The summed E-state index contributed by atoms with van der Waals surface area (Å²) >= 11 is 0. The number of quaternary nitrogens is 1. The van der Waals surface area contributed by atoms with Gasteiger partial charge in [0.1, 0.15) is 0 Å². The number of nitrogens with one attached hydrogen (secondary N) is 1. The third-order valence-corrected chi connectivity index (χ3v) is 13.3. The Morgan fingerprint density at radius 3 is 0.695 bits per heavy atom. The van der Waals surface area contributed by atoms with E-state index >= 15 is 0 Å². The van der Waals surface area contributed by atoms with Crippen molar-refractivity contribution in [3.05, 3.63) is 0 Å². The van der Waals surface area contributed by atoms with Crippen molar-refractivity contribution in [2.75, 3.05) is 27.7 Å². The highest BCUT2D eigenvalue weighted by Crippen LogP contribution is 2.25. The van der Waals surface area contributed by atoms with Crippen molar-refractivity contribution in [1.82, 2.24) is 0 Å². The van der Waals surface area contributed by atoms with Gasteiger partial charge in [-0.3, -0.25) is 4.18 Å². The highest BCUT2D eigenvalue weighted by Gasteiger charge is 2.09. The van der Waals surface area contributed by atoms with Gasteiger partial charge in [0.2, 0.25) is 10.4 Å². The lowest BCUT2D eigenvalue weighted by Crippen LogP contribution is -3.05. The molecular weight excluding hydrogens is 747 g/mol. The predicted molar refractivity (Wildman–Crippen MR) is 262 cm³/mol. The molecule has 0 aromatic carbocycles. The third kappa shape index (κ3) is 60.0. The van der Waals surface area contributed by atoms with E-state index in [2.05, 4.69) is 32.1 Å². The Morgan fingerprint density at radius 1 is 0.356 bits per heavy atom. The van der Waals surface area contributed by atoms with Crippen molar-refractivity contribution in [2.24, 2.45) is 5.92 Å². The zero-order valence-electron chi connectivity index (χ0n) is 41.4. The highest BCUT2D eigenvalue weighted by molar-refractivity contribution is 7.80. The molecule has 0 aliphatic carbocycles. The van der Waals surface area contributed by atoms with Gasteiger partial charge in [-0.1, -0.05) is 296 Å². The summed E-state index contributed by atoms with van der Waals surface area (Å²) in [5.41, 5.74) is 0. The Balaban J connectivity index is 0. The Kier molecular flexibility index (Phi) is 53.9. The van der Waals surface area contributed by atoms with E-state index in [1.54, 1.807) is 4.90 Å². The molecule has 0 aliphatic heterocycles. The van der Waals surface area contributed by atoms with Crippen LogP contribution >= 0.6 is 0 Å². The van der Waals surface area contributed by atoms with Crippen LogP contribution in [0.25, 0.3) is 0 Å². The molecular formula is C53H111NO4S. The average Bonchev–Trinajstić information content (AvgIpc) is 3.21. The van der Waals surface area contributed by atoms with E-state index in [1.165, 1.54) is 302 Å². The normalized spacial score (nSPS) is 11.9. The first-order valence-corrected chi connectivity index (χ1v) is 28.4. The van der Waals surface area contributed by atoms with Crippen molar-refractivity contribution in [3.63, 3.8) is 0 Å². The van der Waals surface area contributed by atoms with Crippen LogP contribution in [0.2, 0.25) is 0 Å². The fourth-order valence-corrected chi connectivity index (χ4v) is 8.90. The molecule has 0 amide bonds. The van der Waals surface area contributed by atoms with Crippen LogP contribution in [-0.2, 0) is 14.6 Å². The second-order valence-electron chi connectivity index (χ2n) is 19.3. The minimum atomic E-state index is -4.41. The van der Waals surface area contributed by atoms with E-state index in [9.17, 15) is 13.0 Å². The van der Waals surface area contributed by atoms with Crippen molar-refractivity contribution in [2.45, 2.75) is 309 Å². The van der Waals surface area contributed by atoms with Gasteiger partial charge in [0.25, 0.3) is 0 Å². The number of unbranched alkanes of at least 4 members (excludes halogenated alkanes) is 40. The molecule has 0 spiro atoms. The summed E-state index contributed by atoms with van der Waals surface area (Å²) in [4.78, 5) is 1.61. The van der Waals surface area contributed by atoms with Gasteiger partial charge in [0.15, 0.2) is 0 Å². The second-order valence-corrected chi connectivity index (χ2v) is 20.4. The maximum absolute atomic E-state index is 9.22. The predicted octanol–water partition coefficient (Wildman–Crippen LogP) is 16.8. The van der Waals surface area contributed by atoms with Gasteiger partial charge in [0, 0.05) is 0 Å². The van der Waals surface area contributed by atoms with Gasteiger partial charge in [-0.2, -0.15) is 0 Å².